The van der Waals surface area contributed by atoms with E-state index >= 15 is 0 Å². The molecule has 0 aliphatic heterocycles. The average Bonchev–Trinajstić information content (AvgIpc) is 2.17. The molecule has 5 heteroatoms. The molecule has 0 amide bonds. The monoisotopic (exact) mass is 196 g/mol. The fourth-order valence-corrected chi connectivity index (χ4v) is 1.11. The van der Waals surface area contributed by atoms with Crippen LogP contribution in [-0.2, 0) is 0 Å². The van der Waals surface area contributed by atoms with E-state index in [1.165, 1.54) is 21.1 Å². The van der Waals surface area contributed by atoms with Crippen LogP contribution in [0.4, 0.5) is 0 Å². The van der Waals surface area contributed by atoms with Gasteiger partial charge in [0.1, 0.15) is 5.69 Å². The quantitative estimate of drug-likeness (QED) is 0.675. The van der Waals surface area contributed by atoms with E-state index in [1.807, 2.05) is 0 Å². The second-order valence-corrected chi connectivity index (χ2v) is 2.75. The molecule has 14 heavy (non-hydrogen) atoms. The molecule has 5 nitrogen and oxygen atoms in total. The molecule has 76 valence electrons. The number of hydrogen-bond acceptors (Lipinski definition) is 5. The van der Waals surface area contributed by atoms with Gasteiger partial charge in [0.2, 0.25) is 5.88 Å². The summed E-state index contributed by atoms with van der Waals surface area (Å²) in [6.07, 6.45) is 0. The molecular weight excluding hydrogens is 184 g/mol. The van der Waals surface area contributed by atoms with Gasteiger partial charge in [-0.2, -0.15) is 9.97 Å². The molecule has 0 saturated heterocycles. The molecule has 0 radical (unpaired) electrons. The Labute approximate surface area is 82.1 Å². The van der Waals surface area contributed by atoms with Crippen LogP contribution in [0.15, 0.2) is 0 Å². The predicted molar refractivity (Wildman–Crippen MR) is 49.9 cm³/mol. The summed E-state index contributed by atoms with van der Waals surface area (Å²) in [5.41, 5.74) is 0.953. The van der Waals surface area contributed by atoms with Crippen LogP contribution in [0.2, 0.25) is 0 Å². The number of aromatic nitrogens is 2. The van der Waals surface area contributed by atoms with Gasteiger partial charge < -0.3 is 9.47 Å². The second-order valence-electron chi connectivity index (χ2n) is 2.75. The van der Waals surface area contributed by atoms with Crippen LogP contribution >= 0.6 is 0 Å². The van der Waals surface area contributed by atoms with Crippen molar-refractivity contribution in [3.05, 3.63) is 11.3 Å². The number of nitrogens with zero attached hydrogens (tertiary/aromatic N) is 2. The van der Waals surface area contributed by atoms with Gasteiger partial charge in [0, 0.05) is 12.5 Å². The molecule has 0 aliphatic carbocycles. The first-order valence-corrected chi connectivity index (χ1v) is 4.07. The predicted octanol–water partition coefficient (Wildman–Crippen LogP) is 1.00. The van der Waals surface area contributed by atoms with Crippen LogP contribution < -0.4 is 9.47 Å². The first kappa shape index (κ1) is 10.4. The Morgan fingerprint density at radius 2 is 1.86 bits per heavy atom. The van der Waals surface area contributed by atoms with Gasteiger partial charge >= 0.3 is 6.01 Å². The molecule has 0 fully saturated rings. The molecule has 0 atom stereocenters. The Kier molecular flexibility index (Phi) is 3.01. The number of methoxy groups -OCH3 is 2. The Bertz CT molecular complexity index is 363. The molecule has 1 heterocycles. The summed E-state index contributed by atoms with van der Waals surface area (Å²) in [7, 11) is 2.92. The molecule has 0 N–H and O–H groups in total. The second kappa shape index (κ2) is 4.04. The minimum atomic E-state index is -0.137. The maximum absolute atomic E-state index is 11.2. The lowest BCUT2D eigenvalue weighted by Gasteiger charge is -2.08. The molecule has 0 aliphatic rings. The number of carbonyl (C=O) groups excluding carboxylic acids is 1. The maximum atomic E-state index is 11.2. The summed E-state index contributed by atoms with van der Waals surface area (Å²) < 4.78 is 9.84. The smallest absolute Gasteiger partial charge is 0.320 e. The van der Waals surface area contributed by atoms with Gasteiger partial charge in [-0.1, -0.05) is 0 Å². The third-order valence-corrected chi connectivity index (χ3v) is 1.79. The van der Waals surface area contributed by atoms with Gasteiger partial charge in [-0.25, -0.2) is 0 Å². The van der Waals surface area contributed by atoms with Crippen molar-refractivity contribution in [3.63, 3.8) is 0 Å². The van der Waals surface area contributed by atoms with E-state index in [4.69, 9.17) is 9.47 Å². The molecule has 0 aromatic carbocycles. The average molecular weight is 196 g/mol. The van der Waals surface area contributed by atoms with Crippen molar-refractivity contribution >= 4 is 5.78 Å². The zero-order valence-corrected chi connectivity index (χ0v) is 8.62. The molecule has 0 spiro atoms. The zero-order valence-electron chi connectivity index (χ0n) is 8.62. The lowest BCUT2D eigenvalue weighted by molar-refractivity contribution is 0.101. The summed E-state index contributed by atoms with van der Waals surface area (Å²) in [5.74, 6) is 0.226. The maximum Gasteiger partial charge on any atom is 0.320 e. The van der Waals surface area contributed by atoms with Gasteiger partial charge in [-0.05, 0) is 6.92 Å². The van der Waals surface area contributed by atoms with E-state index in [1.54, 1.807) is 6.92 Å². The van der Waals surface area contributed by atoms with Crippen molar-refractivity contribution < 1.29 is 14.3 Å². The van der Waals surface area contributed by atoms with E-state index in [0.717, 1.165) is 0 Å². The van der Waals surface area contributed by atoms with E-state index in [0.29, 0.717) is 17.1 Å². The zero-order chi connectivity index (χ0) is 10.7. The minimum Gasteiger partial charge on any atom is -0.481 e. The van der Waals surface area contributed by atoms with Crippen LogP contribution in [0.5, 0.6) is 11.9 Å². The van der Waals surface area contributed by atoms with Crippen LogP contribution in [0, 0.1) is 6.92 Å². The van der Waals surface area contributed by atoms with Crippen molar-refractivity contribution in [2.24, 2.45) is 0 Å². The van der Waals surface area contributed by atoms with E-state index < -0.39 is 0 Å². The number of carbonyl (C=O) groups is 1. The van der Waals surface area contributed by atoms with Gasteiger partial charge in [-0.3, -0.25) is 4.79 Å². The standard InChI is InChI=1S/C9H12N2O3/c1-5-7(6(2)12)10-9(14-4)11-8(5)13-3/h1-4H3. The Balaban J connectivity index is 3.34. The molecule has 0 bridgehead atoms. The van der Waals surface area contributed by atoms with Crippen LogP contribution in [0.1, 0.15) is 23.0 Å². The SMILES string of the molecule is COc1nc(OC)c(C)c(C(C)=O)n1. The fraction of sp³-hybridized carbons (Fsp3) is 0.444. The largest absolute Gasteiger partial charge is 0.481 e. The highest BCUT2D eigenvalue weighted by molar-refractivity contribution is 5.94. The van der Waals surface area contributed by atoms with Crippen molar-refractivity contribution in [3.8, 4) is 11.9 Å². The molecule has 0 unspecified atom stereocenters. The number of hydrogen-bond donors (Lipinski definition) is 0. The normalized spacial score (nSPS) is 9.71. The van der Waals surface area contributed by atoms with Crippen molar-refractivity contribution in [2.75, 3.05) is 14.2 Å². The van der Waals surface area contributed by atoms with E-state index in [2.05, 4.69) is 9.97 Å². The lowest BCUT2D eigenvalue weighted by atomic mass is 10.2. The molecule has 1 rings (SSSR count). The summed E-state index contributed by atoms with van der Waals surface area (Å²) in [6.45, 7) is 3.17. The Hall–Kier alpha value is -1.65. The fourth-order valence-electron chi connectivity index (χ4n) is 1.11. The number of ether oxygens (including phenoxy) is 2. The van der Waals surface area contributed by atoms with E-state index in [-0.39, 0.29) is 11.8 Å². The van der Waals surface area contributed by atoms with Crippen LogP contribution in [0.25, 0.3) is 0 Å². The first-order chi connectivity index (χ1) is 6.60. The highest BCUT2D eigenvalue weighted by Crippen LogP contribution is 2.20. The van der Waals surface area contributed by atoms with Crippen molar-refractivity contribution in [1.29, 1.82) is 0 Å². The topological polar surface area (TPSA) is 61.3 Å². The summed E-state index contributed by atoms with van der Waals surface area (Å²) >= 11 is 0. The number of rotatable bonds is 3. The van der Waals surface area contributed by atoms with Gasteiger partial charge in [0.25, 0.3) is 0 Å². The first-order valence-electron chi connectivity index (χ1n) is 4.07. The molecule has 0 saturated carbocycles. The van der Waals surface area contributed by atoms with Crippen molar-refractivity contribution in [1.82, 2.24) is 9.97 Å². The van der Waals surface area contributed by atoms with Crippen LogP contribution in [0.3, 0.4) is 0 Å². The summed E-state index contributed by atoms with van der Waals surface area (Å²) in [5, 5.41) is 0. The van der Waals surface area contributed by atoms with Crippen molar-refractivity contribution in [2.45, 2.75) is 13.8 Å². The minimum absolute atomic E-state index is 0.137. The summed E-state index contributed by atoms with van der Waals surface area (Å²) in [6, 6.07) is 0.137. The lowest BCUT2D eigenvalue weighted by Crippen LogP contribution is -2.06. The van der Waals surface area contributed by atoms with Gasteiger partial charge in [-0.15, -0.1) is 0 Å². The number of ketones is 1. The molecule has 1 aromatic heterocycles. The third kappa shape index (κ3) is 1.81. The molecular formula is C9H12N2O3. The van der Waals surface area contributed by atoms with E-state index in [9.17, 15) is 4.79 Å². The van der Waals surface area contributed by atoms with Gasteiger partial charge in [0.05, 0.1) is 14.2 Å². The highest BCUT2D eigenvalue weighted by atomic mass is 16.5. The highest BCUT2D eigenvalue weighted by Gasteiger charge is 2.14. The van der Waals surface area contributed by atoms with Crippen LogP contribution in [-0.4, -0.2) is 30.0 Å². The summed E-state index contributed by atoms with van der Waals surface area (Å²) in [4.78, 5) is 19.1. The third-order valence-electron chi connectivity index (χ3n) is 1.79. The molecule has 1 aromatic rings. The Morgan fingerprint density at radius 1 is 1.21 bits per heavy atom. The number of Topliss-reactive ketones (excluding diaryl/α,β-unsaturated/α-hetero) is 1. The Morgan fingerprint density at radius 3 is 2.29 bits per heavy atom. The van der Waals surface area contributed by atoms with Gasteiger partial charge in [0.15, 0.2) is 5.78 Å².